The Bertz CT molecular complexity index is 337. The van der Waals surface area contributed by atoms with E-state index in [-0.39, 0.29) is 22.6 Å². The molecule has 0 spiro atoms. The summed E-state index contributed by atoms with van der Waals surface area (Å²) in [6.45, 7) is 8.67. The summed E-state index contributed by atoms with van der Waals surface area (Å²) in [7, 11) is 0. The van der Waals surface area contributed by atoms with Crippen molar-refractivity contribution in [3.8, 4) is 0 Å². The molecular formula is C14H24N2O2. The van der Waals surface area contributed by atoms with E-state index in [1.165, 1.54) is 4.90 Å². The quantitative estimate of drug-likeness (QED) is 0.759. The van der Waals surface area contributed by atoms with Crippen molar-refractivity contribution in [2.45, 2.75) is 46.5 Å². The molecule has 1 unspecified atom stereocenters. The fraction of sp³-hybridized carbons (Fsp3) is 0.857. The number of nitrogens with zero attached hydrogens (tertiary/aromatic N) is 1. The van der Waals surface area contributed by atoms with Crippen molar-refractivity contribution >= 4 is 11.8 Å². The molecule has 4 nitrogen and oxygen atoms in total. The van der Waals surface area contributed by atoms with Crippen LogP contribution in [0.15, 0.2) is 0 Å². The van der Waals surface area contributed by atoms with Gasteiger partial charge in [-0.25, -0.2) is 0 Å². The van der Waals surface area contributed by atoms with Gasteiger partial charge in [0, 0.05) is 25.9 Å². The first kappa shape index (κ1) is 13.5. The summed E-state index contributed by atoms with van der Waals surface area (Å²) in [5.41, 5.74) is -0.124. The van der Waals surface area contributed by atoms with Crippen molar-refractivity contribution in [3.63, 3.8) is 0 Å². The number of nitrogens with one attached hydrogen (secondary N) is 1. The summed E-state index contributed by atoms with van der Waals surface area (Å²) >= 11 is 0. The molecule has 102 valence electrons. The summed E-state index contributed by atoms with van der Waals surface area (Å²) in [4.78, 5) is 25.7. The van der Waals surface area contributed by atoms with Crippen molar-refractivity contribution in [2.24, 2.45) is 10.8 Å². The molecular weight excluding hydrogens is 228 g/mol. The lowest BCUT2D eigenvalue weighted by atomic mass is 9.78. The number of likely N-dealkylation sites (tertiary alicyclic amines) is 1. The molecule has 18 heavy (non-hydrogen) atoms. The second kappa shape index (κ2) is 4.65. The molecule has 0 aromatic carbocycles. The van der Waals surface area contributed by atoms with E-state index >= 15 is 0 Å². The van der Waals surface area contributed by atoms with E-state index in [0.29, 0.717) is 19.4 Å². The van der Waals surface area contributed by atoms with Crippen LogP contribution in [-0.2, 0) is 9.59 Å². The molecule has 0 saturated carbocycles. The summed E-state index contributed by atoms with van der Waals surface area (Å²) in [5, 5.41) is 3.36. The Kier molecular flexibility index (Phi) is 3.49. The first-order valence-electron chi connectivity index (χ1n) is 6.85. The highest BCUT2D eigenvalue weighted by atomic mass is 16.2. The second-order valence-electron chi connectivity index (χ2n) is 6.98. The maximum absolute atomic E-state index is 12.1. The minimum Gasteiger partial charge on any atom is -0.316 e. The van der Waals surface area contributed by atoms with E-state index in [2.05, 4.69) is 12.2 Å². The molecule has 2 amide bonds. The van der Waals surface area contributed by atoms with Crippen molar-refractivity contribution in [3.05, 3.63) is 0 Å². The zero-order valence-electron chi connectivity index (χ0n) is 11.7. The first-order valence-corrected chi connectivity index (χ1v) is 6.85. The van der Waals surface area contributed by atoms with E-state index in [0.717, 1.165) is 25.9 Å². The molecule has 0 aromatic heterocycles. The van der Waals surface area contributed by atoms with Crippen LogP contribution in [0.2, 0.25) is 0 Å². The number of hydrogen-bond acceptors (Lipinski definition) is 3. The Balaban J connectivity index is 2.05. The van der Waals surface area contributed by atoms with Gasteiger partial charge in [-0.2, -0.15) is 0 Å². The Morgan fingerprint density at radius 3 is 2.28 bits per heavy atom. The number of carbonyl (C=O) groups excluding carboxylic acids is 2. The average molecular weight is 252 g/mol. The van der Waals surface area contributed by atoms with Crippen LogP contribution in [0, 0.1) is 10.8 Å². The van der Waals surface area contributed by atoms with Gasteiger partial charge in [-0.1, -0.05) is 20.8 Å². The smallest absolute Gasteiger partial charge is 0.229 e. The van der Waals surface area contributed by atoms with E-state index < -0.39 is 0 Å². The van der Waals surface area contributed by atoms with Gasteiger partial charge >= 0.3 is 0 Å². The SMILES string of the molecule is CC1(C)CC(=O)N(CC2(C)CCCNC2)C(=O)C1. The third kappa shape index (κ3) is 2.91. The predicted molar refractivity (Wildman–Crippen MR) is 69.9 cm³/mol. The zero-order valence-corrected chi connectivity index (χ0v) is 11.7. The molecule has 0 radical (unpaired) electrons. The van der Waals surface area contributed by atoms with Gasteiger partial charge in [0.05, 0.1) is 0 Å². The minimum absolute atomic E-state index is 0.00282. The Labute approximate surface area is 109 Å². The Hall–Kier alpha value is -0.900. The molecule has 2 aliphatic rings. The predicted octanol–water partition coefficient (Wildman–Crippen LogP) is 1.55. The molecule has 1 atom stereocenters. The first-order chi connectivity index (χ1) is 8.31. The van der Waals surface area contributed by atoms with Crippen molar-refractivity contribution in [1.82, 2.24) is 10.2 Å². The van der Waals surface area contributed by atoms with Crippen molar-refractivity contribution in [2.75, 3.05) is 19.6 Å². The van der Waals surface area contributed by atoms with Crippen molar-refractivity contribution < 1.29 is 9.59 Å². The molecule has 0 aromatic rings. The molecule has 2 fully saturated rings. The van der Waals surface area contributed by atoms with Gasteiger partial charge in [0.15, 0.2) is 0 Å². The van der Waals surface area contributed by atoms with E-state index in [4.69, 9.17) is 0 Å². The standard InChI is InChI=1S/C14H24N2O2/c1-13(2)7-11(17)16(12(18)8-13)10-14(3)5-4-6-15-9-14/h15H,4-10H2,1-3H3. The number of piperidine rings is 2. The van der Waals surface area contributed by atoms with Crippen LogP contribution < -0.4 is 5.32 Å². The summed E-state index contributed by atoms with van der Waals surface area (Å²) in [5.74, 6) is 0.00565. The maximum Gasteiger partial charge on any atom is 0.229 e. The van der Waals surface area contributed by atoms with E-state index in [1.54, 1.807) is 0 Å². The van der Waals surface area contributed by atoms with Gasteiger partial charge in [0.1, 0.15) is 0 Å². The van der Waals surface area contributed by atoms with Gasteiger partial charge in [-0.15, -0.1) is 0 Å². The van der Waals surface area contributed by atoms with Crippen LogP contribution in [0.5, 0.6) is 0 Å². The van der Waals surface area contributed by atoms with Crippen LogP contribution >= 0.6 is 0 Å². The van der Waals surface area contributed by atoms with E-state index in [1.807, 2.05) is 13.8 Å². The Morgan fingerprint density at radius 1 is 1.17 bits per heavy atom. The van der Waals surface area contributed by atoms with E-state index in [9.17, 15) is 9.59 Å². The highest BCUT2D eigenvalue weighted by Crippen LogP contribution is 2.34. The third-order valence-electron chi connectivity index (χ3n) is 4.09. The second-order valence-corrected chi connectivity index (χ2v) is 6.98. The lowest BCUT2D eigenvalue weighted by Crippen LogP contribution is -2.53. The van der Waals surface area contributed by atoms with Gasteiger partial charge in [0.2, 0.25) is 11.8 Å². The summed E-state index contributed by atoms with van der Waals surface area (Å²) in [6.07, 6.45) is 3.18. The lowest BCUT2D eigenvalue weighted by Gasteiger charge is -2.41. The molecule has 2 heterocycles. The Morgan fingerprint density at radius 2 is 1.78 bits per heavy atom. The third-order valence-corrected chi connectivity index (χ3v) is 4.09. The average Bonchev–Trinajstić information content (AvgIpc) is 2.23. The van der Waals surface area contributed by atoms with Crippen LogP contribution in [0.25, 0.3) is 0 Å². The van der Waals surface area contributed by atoms with Gasteiger partial charge in [0.25, 0.3) is 0 Å². The molecule has 2 rings (SSSR count). The topological polar surface area (TPSA) is 49.4 Å². The highest BCUT2D eigenvalue weighted by molar-refractivity contribution is 5.98. The molecule has 0 bridgehead atoms. The fourth-order valence-electron chi connectivity index (χ4n) is 3.02. The minimum atomic E-state index is -0.170. The van der Waals surface area contributed by atoms with Gasteiger partial charge in [-0.05, 0) is 30.2 Å². The molecule has 2 aliphatic heterocycles. The fourth-order valence-corrected chi connectivity index (χ4v) is 3.02. The molecule has 0 aliphatic carbocycles. The number of amides is 2. The summed E-state index contributed by atoms with van der Waals surface area (Å²) < 4.78 is 0. The van der Waals surface area contributed by atoms with Gasteiger partial charge in [-0.3, -0.25) is 14.5 Å². The highest BCUT2D eigenvalue weighted by Gasteiger charge is 2.40. The summed E-state index contributed by atoms with van der Waals surface area (Å²) in [6, 6.07) is 0. The number of rotatable bonds is 2. The van der Waals surface area contributed by atoms with Crippen molar-refractivity contribution in [1.29, 1.82) is 0 Å². The molecule has 1 N–H and O–H groups in total. The zero-order chi connectivity index (χ0) is 13.4. The normalized spacial score (nSPS) is 32.7. The largest absolute Gasteiger partial charge is 0.316 e. The van der Waals surface area contributed by atoms with Gasteiger partial charge < -0.3 is 5.32 Å². The van der Waals surface area contributed by atoms with Crippen LogP contribution in [0.1, 0.15) is 46.5 Å². The number of imide groups is 1. The van der Waals surface area contributed by atoms with Crippen LogP contribution in [0.4, 0.5) is 0 Å². The number of hydrogen-bond donors (Lipinski definition) is 1. The number of carbonyl (C=O) groups is 2. The maximum atomic E-state index is 12.1. The monoisotopic (exact) mass is 252 g/mol. The molecule has 4 heteroatoms. The molecule has 2 saturated heterocycles. The van der Waals surface area contributed by atoms with Crippen LogP contribution in [0.3, 0.4) is 0 Å². The van der Waals surface area contributed by atoms with Crippen LogP contribution in [-0.4, -0.2) is 36.3 Å². The lowest BCUT2D eigenvalue weighted by molar-refractivity contribution is -0.154.